The van der Waals surface area contributed by atoms with Crippen LogP contribution in [-0.2, 0) is 9.84 Å². The summed E-state index contributed by atoms with van der Waals surface area (Å²) in [6, 6.07) is 9.64. The number of nitrogens with zero attached hydrogens (tertiary/aromatic N) is 1. The van der Waals surface area contributed by atoms with E-state index in [1.54, 1.807) is 0 Å². The zero-order valence-corrected chi connectivity index (χ0v) is 11.8. The number of rotatable bonds is 4. The Balaban J connectivity index is 2.24. The number of hydrogen-bond donors (Lipinski definition) is 1. The quantitative estimate of drug-likeness (QED) is 0.527. The van der Waals surface area contributed by atoms with Gasteiger partial charge in [-0.3, -0.25) is 10.1 Å². The molecule has 2 rings (SSSR count). The molecule has 0 aromatic heterocycles. The average molecular weight is 308 g/mol. The van der Waals surface area contributed by atoms with Crippen molar-refractivity contribution < 1.29 is 18.1 Å². The van der Waals surface area contributed by atoms with Crippen molar-refractivity contribution in [2.75, 3.05) is 12.0 Å². The van der Waals surface area contributed by atoms with E-state index < -0.39 is 14.8 Å². The molecule has 0 amide bonds. The van der Waals surface area contributed by atoms with E-state index in [1.807, 2.05) is 0 Å². The van der Waals surface area contributed by atoms with Gasteiger partial charge in [-0.05, 0) is 30.3 Å². The first-order chi connectivity index (χ1) is 9.77. The SMILES string of the molecule is CS(=O)(=O)c1ccc(Oc2ccc([N+](=O)[O-])cc2N)cc1. The maximum Gasteiger partial charge on any atom is 0.271 e. The van der Waals surface area contributed by atoms with Crippen LogP contribution in [0.3, 0.4) is 0 Å². The van der Waals surface area contributed by atoms with E-state index >= 15 is 0 Å². The number of non-ortho nitro benzene ring substituents is 1. The highest BCUT2D eigenvalue weighted by atomic mass is 32.2. The molecule has 0 aliphatic heterocycles. The van der Waals surface area contributed by atoms with Crippen molar-refractivity contribution in [2.24, 2.45) is 0 Å². The Labute approximate surface area is 121 Å². The fourth-order valence-corrected chi connectivity index (χ4v) is 2.25. The van der Waals surface area contributed by atoms with Crippen molar-refractivity contribution in [1.82, 2.24) is 0 Å². The molecule has 2 aromatic carbocycles. The minimum Gasteiger partial charge on any atom is -0.455 e. The highest BCUT2D eigenvalue weighted by Gasteiger charge is 2.11. The van der Waals surface area contributed by atoms with Crippen LogP contribution in [0.15, 0.2) is 47.4 Å². The van der Waals surface area contributed by atoms with Crippen LogP contribution < -0.4 is 10.5 Å². The monoisotopic (exact) mass is 308 g/mol. The van der Waals surface area contributed by atoms with Crippen LogP contribution in [0.1, 0.15) is 0 Å². The number of hydrogen-bond acceptors (Lipinski definition) is 6. The molecule has 0 saturated heterocycles. The van der Waals surface area contributed by atoms with E-state index in [0.29, 0.717) is 5.75 Å². The van der Waals surface area contributed by atoms with Crippen LogP contribution in [0.25, 0.3) is 0 Å². The molecular formula is C13H12N2O5S. The predicted molar refractivity (Wildman–Crippen MR) is 77.1 cm³/mol. The lowest BCUT2D eigenvalue weighted by molar-refractivity contribution is -0.384. The third kappa shape index (κ3) is 3.48. The number of anilines is 1. The van der Waals surface area contributed by atoms with Gasteiger partial charge in [0.2, 0.25) is 0 Å². The van der Waals surface area contributed by atoms with Gasteiger partial charge >= 0.3 is 0 Å². The van der Waals surface area contributed by atoms with Gasteiger partial charge in [0.15, 0.2) is 15.6 Å². The van der Waals surface area contributed by atoms with Gasteiger partial charge < -0.3 is 10.5 Å². The topological polar surface area (TPSA) is 113 Å². The van der Waals surface area contributed by atoms with Crippen LogP contribution in [0.4, 0.5) is 11.4 Å². The summed E-state index contributed by atoms with van der Waals surface area (Å²) >= 11 is 0. The maximum atomic E-state index is 11.3. The summed E-state index contributed by atoms with van der Waals surface area (Å²) in [5.41, 5.74) is 5.67. The van der Waals surface area contributed by atoms with E-state index in [9.17, 15) is 18.5 Å². The number of nitro benzene ring substituents is 1. The van der Waals surface area contributed by atoms with E-state index in [1.165, 1.54) is 42.5 Å². The molecule has 0 fully saturated rings. The Bertz CT molecular complexity index is 785. The molecule has 0 unspecified atom stereocenters. The molecule has 2 N–H and O–H groups in total. The summed E-state index contributed by atoms with van der Waals surface area (Å²) in [4.78, 5) is 10.2. The standard InChI is InChI=1S/C13H12N2O5S/c1-21(18,19)11-5-3-10(4-6-11)20-13-7-2-9(15(16)17)8-12(13)14/h2-8H,14H2,1H3. The number of benzene rings is 2. The predicted octanol–water partition coefficient (Wildman–Crippen LogP) is 2.37. The van der Waals surface area contributed by atoms with Crippen molar-refractivity contribution in [3.05, 3.63) is 52.6 Å². The van der Waals surface area contributed by atoms with Crippen LogP contribution in [0.2, 0.25) is 0 Å². The van der Waals surface area contributed by atoms with Crippen LogP contribution >= 0.6 is 0 Å². The zero-order valence-electron chi connectivity index (χ0n) is 11.0. The van der Waals surface area contributed by atoms with Crippen LogP contribution in [0, 0.1) is 10.1 Å². The van der Waals surface area contributed by atoms with Crippen LogP contribution in [-0.4, -0.2) is 19.6 Å². The Kier molecular flexibility index (Phi) is 3.81. The van der Waals surface area contributed by atoms with Gasteiger partial charge in [-0.25, -0.2) is 8.42 Å². The third-order valence-corrected chi connectivity index (χ3v) is 3.81. The van der Waals surface area contributed by atoms with Crippen molar-refractivity contribution in [3.63, 3.8) is 0 Å². The largest absolute Gasteiger partial charge is 0.455 e. The number of nitrogens with two attached hydrogens (primary N) is 1. The zero-order chi connectivity index (χ0) is 15.6. The second-order valence-electron chi connectivity index (χ2n) is 4.32. The van der Waals surface area contributed by atoms with E-state index in [4.69, 9.17) is 10.5 Å². The first-order valence-corrected chi connectivity index (χ1v) is 7.68. The van der Waals surface area contributed by atoms with Crippen molar-refractivity contribution in [2.45, 2.75) is 4.90 Å². The molecule has 0 aliphatic rings. The minimum absolute atomic E-state index is 0.122. The van der Waals surface area contributed by atoms with Gasteiger partial charge in [-0.1, -0.05) is 0 Å². The molecule has 21 heavy (non-hydrogen) atoms. The molecule has 0 saturated carbocycles. The smallest absolute Gasteiger partial charge is 0.271 e. The lowest BCUT2D eigenvalue weighted by Crippen LogP contribution is -1.97. The summed E-state index contributed by atoms with van der Waals surface area (Å²) in [5.74, 6) is 0.635. The summed E-state index contributed by atoms with van der Waals surface area (Å²) in [7, 11) is -3.27. The third-order valence-electron chi connectivity index (χ3n) is 2.68. The number of nitrogen functional groups attached to an aromatic ring is 1. The summed E-state index contributed by atoms with van der Waals surface area (Å²) in [6.45, 7) is 0. The molecule has 7 nitrogen and oxygen atoms in total. The van der Waals surface area contributed by atoms with Gasteiger partial charge in [-0.2, -0.15) is 0 Å². The van der Waals surface area contributed by atoms with Gasteiger partial charge in [0.05, 0.1) is 15.5 Å². The van der Waals surface area contributed by atoms with Gasteiger partial charge in [0.1, 0.15) is 5.75 Å². The molecule has 0 heterocycles. The average Bonchev–Trinajstić information content (AvgIpc) is 2.40. The molecular weight excluding hydrogens is 296 g/mol. The van der Waals surface area contributed by atoms with Crippen molar-refractivity contribution in [1.29, 1.82) is 0 Å². The summed E-state index contributed by atoms with van der Waals surface area (Å²) < 4.78 is 28.1. The molecule has 0 aliphatic carbocycles. The van der Waals surface area contributed by atoms with E-state index in [-0.39, 0.29) is 22.0 Å². The second kappa shape index (κ2) is 5.41. The molecule has 8 heteroatoms. The number of nitro groups is 1. The van der Waals surface area contributed by atoms with Gasteiger partial charge in [0, 0.05) is 18.4 Å². The summed E-state index contributed by atoms with van der Waals surface area (Å²) in [6.07, 6.45) is 1.11. The van der Waals surface area contributed by atoms with Crippen molar-refractivity contribution in [3.8, 4) is 11.5 Å². The molecule has 2 aromatic rings. The van der Waals surface area contributed by atoms with E-state index in [0.717, 1.165) is 6.26 Å². The van der Waals surface area contributed by atoms with Crippen LogP contribution in [0.5, 0.6) is 11.5 Å². The fourth-order valence-electron chi connectivity index (χ4n) is 1.62. The molecule has 0 spiro atoms. The highest BCUT2D eigenvalue weighted by molar-refractivity contribution is 7.90. The molecule has 0 bridgehead atoms. The Hall–Kier alpha value is -2.61. The number of ether oxygens (including phenoxy) is 1. The van der Waals surface area contributed by atoms with E-state index in [2.05, 4.69) is 0 Å². The Morgan fingerprint density at radius 3 is 2.24 bits per heavy atom. The lowest BCUT2D eigenvalue weighted by atomic mass is 10.2. The van der Waals surface area contributed by atoms with Gasteiger partial charge in [-0.15, -0.1) is 0 Å². The Morgan fingerprint density at radius 1 is 1.14 bits per heavy atom. The molecule has 0 atom stereocenters. The molecule has 0 radical (unpaired) electrons. The van der Waals surface area contributed by atoms with Gasteiger partial charge in [0.25, 0.3) is 5.69 Å². The minimum atomic E-state index is -3.27. The maximum absolute atomic E-state index is 11.3. The number of sulfone groups is 1. The second-order valence-corrected chi connectivity index (χ2v) is 6.34. The summed E-state index contributed by atoms with van der Waals surface area (Å²) in [5, 5.41) is 10.6. The normalized spacial score (nSPS) is 11.1. The van der Waals surface area contributed by atoms with Crippen molar-refractivity contribution >= 4 is 21.2 Å². The molecule has 110 valence electrons. The first kappa shape index (κ1) is 14.8. The highest BCUT2D eigenvalue weighted by Crippen LogP contribution is 2.30. The fraction of sp³-hybridized carbons (Fsp3) is 0.0769. The first-order valence-electron chi connectivity index (χ1n) is 5.79. The lowest BCUT2D eigenvalue weighted by Gasteiger charge is -2.08. The Morgan fingerprint density at radius 2 is 1.76 bits per heavy atom.